The predicted octanol–water partition coefficient (Wildman–Crippen LogP) is 1.09. The zero-order valence-electron chi connectivity index (χ0n) is 11.7. The molecule has 0 aromatic heterocycles. The highest BCUT2D eigenvalue weighted by molar-refractivity contribution is 5.84. The molecule has 1 fully saturated rings. The third kappa shape index (κ3) is 3.77. The van der Waals surface area contributed by atoms with E-state index in [2.05, 4.69) is 10.6 Å². The van der Waals surface area contributed by atoms with E-state index in [-0.39, 0.29) is 23.5 Å². The van der Waals surface area contributed by atoms with Gasteiger partial charge in [0.05, 0.1) is 10.8 Å². The Labute approximate surface area is 121 Å². The molecule has 2 amide bonds. The molecule has 7 nitrogen and oxygen atoms in total. The first-order chi connectivity index (χ1) is 9.97. The molecule has 0 bridgehead atoms. The fourth-order valence-electron chi connectivity index (χ4n) is 2.24. The summed E-state index contributed by atoms with van der Waals surface area (Å²) in [6, 6.07) is 5.98. The number of hydrogen-bond acceptors (Lipinski definition) is 4. The number of rotatable bonds is 4. The fraction of sp³-hybridized carbons (Fsp3) is 0.429. The lowest BCUT2D eigenvalue weighted by atomic mass is 9.98. The van der Waals surface area contributed by atoms with Gasteiger partial charge in [0.25, 0.3) is 5.69 Å². The molecule has 7 heteroatoms. The quantitative estimate of drug-likeness (QED) is 0.640. The molecule has 0 radical (unpaired) electrons. The third-order valence-electron chi connectivity index (χ3n) is 3.59. The first kappa shape index (κ1) is 15.0. The van der Waals surface area contributed by atoms with Crippen LogP contribution >= 0.6 is 0 Å². The second-order valence-corrected chi connectivity index (χ2v) is 5.12. The molecule has 1 saturated heterocycles. The van der Waals surface area contributed by atoms with Crippen LogP contribution in [0.1, 0.15) is 31.2 Å². The van der Waals surface area contributed by atoms with Crippen molar-refractivity contribution in [1.82, 2.24) is 10.6 Å². The van der Waals surface area contributed by atoms with Crippen LogP contribution in [0.25, 0.3) is 0 Å². The smallest absolute Gasteiger partial charge is 0.269 e. The molecule has 0 aliphatic carbocycles. The number of nitro benzene ring substituents is 1. The Morgan fingerprint density at radius 1 is 1.52 bits per heavy atom. The molecule has 2 N–H and O–H groups in total. The Morgan fingerprint density at radius 3 is 2.90 bits per heavy atom. The molecule has 0 spiro atoms. The van der Waals surface area contributed by atoms with Crippen LogP contribution in [0.5, 0.6) is 0 Å². The van der Waals surface area contributed by atoms with Crippen molar-refractivity contribution < 1.29 is 14.5 Å². The zero-order chi connectivity index (χ0) is 15.4. The van der Waals surface area contributed by atoms with E-state index in [0.717, 1.165) is 0 Å². The molecular formula is C14H17N3O4. The summed E-state index contributed by atoms with van der Waals surface area (Å²) in [7, 11) is 0. The molecule has 112 valence electrons. The van der Waals surface area contributed by atoms with Gasteiger partial charge in [-0.2, -0.15) is 0 Å². The van der Waals surface area contributed by atoms with Gasteiger partial charge in [0.1, 0.15) is 0 Å². The number of non-ortho nitro benzene ring substituents is 1. The molecule has 21 heavy (non-hydrogen) atoms. The normalized spacial score (nSPS) is 19.5. The molecule has 0 saturated carbocycles. The van der Waals surface area contributed by atoms with Gasteiger partial charge in [0.15, 0.2) is 0 Å². The van der Waals surface area contributed by atoms with Gasteiger partial charge in [0, 0.05) is 31.1 Å². The summed E-state index contributed by atoms with van der Waals surface area (Å²) in [4.78, 5) is 33.5. The van der Waals surface area contributed by atoms with Crippen LogP contribution in [0.4, 0.5) is 5.69 Å². The Balaban J connectivity index is 2.00. The summed E-state index contributed by atoms with van der Waals surface area (Å²) < 4.78 is 0. The molecule has 2 rings (SSSR count). The van der Waals surface area contributed by atoms with Crippen molar-refractivity contribution in [2.45, 2.75) is 31.7 Å². The van der Waals surface area contributed by atoms with Gasteiger partial charge in [-0.3, -0.25) is 19.7 Å². The number of piperidine rings is 1. The largest absolute Gasteiger partial charge is 0.354 e. The van der Waals surface area contributed by atoms with E-state index in [4.69, 9.17) is 0 Å². The van der Waals surface area contributed by atoms with Crippen LogP contribution in [0.3, 0.4) is 0 Å². The summed E-state index contributed by atoms with van der Waals surface area (Å²) >= 11 is 0. The van der Waals surface area contributed by atoms with Crippen LogP contribution < -0.4 is 10.6 Å². The number of hydrogen-bond donors (Lipinski definition) is 2. The topological polar surface area (TPSA) is 101 Å². The second-order valence-electron chi connectivity index (χ2n) is 5.12. The van der Waals surface area contributed by atoms with Gasteiger partial charge in [-0.25, -0.2) is 0 Å². The molecular weight excluding hydrogens is 274 g/mol. The number of nitrogens with zero attached hydrogens (tertiary/aromatic N) is 1. The minimum Gasteiger partial charge on any atom is -0.354 e. The number of benzene rings is 1. The van der Waals surface area contributed by atoms with Gasteiger partial charge in [-0.15, -0.1) is 0 Å². The van der Waals surface area contributed by atoms with Crippen molar-refractivity contribution in [3.8, 4) is 0 Å². The molecule has 2 unspecified atom stereocenters. The van der Waals surface area contributed by atoms with E-state index >= 15 is 0 Å². The molecule has 2 atom stereocenters. The lowest BCUT2D eigenvalue weighted by Crippen LogP contribution is -2.48. The van der Waals surface area contributed by atoms with E-state index in [1.807, 2.05) is 0 Å². The lowest BCUT2D eigenvalue weighted by Gasteiger charge is -2.25. The molecule has 1 aromatic rings. The summed E-state index contributed by atoms with van der Waals surface area (Å²) in [6.45, 7) is 2.13. The number of nitrogens with one attached hydrogen (secondary N) is 2. The number of nitro groups is 1. The van der Waals surface area contributed by atoms with Crippen LogP contribution in [0.2, 0.25) is 0 Å². The fourth-order valence-corrected chi connectivity index (χ4v) is 2.24. The van der Waals surface area contributed by atoms with Crippen LogP contribution in [0, 0.1) is 10.1 Å². The Kier molecular flexibility index (Phi) is 4.52. The van der Waals surface area contributed by atoms with Crippen molar-refractivity contribution in [3.63, 3.8) is 0 Å². The average molecular weight is 291 g/mol. The number of carbonyl (C=O) groups is 2. The van der Waals surface area contributed by atoms with Gasteiger partial charge in [-0.1, -0.05) is 12.1 Å². The second kappa shape index (κ2) is 6.34. The van der Waals surface area contributed by atoms with Crippen molar-refractivity contribution >= 4 is 17.5 Å². The molecule has 1 aliphatic heterocycles. The Hall–Kier alpha value is -2.44. The van der Waals surface area contributed by atoms with E-state index in [0.29, 0.717) is 24.9 Å². The minimum atomic E-state index is -0.484. The van der Waals surface area contributed by atoms with E-state index in [1.165, 1.54) is 12.1 Å². The average Bonchev–Trinajstić information content (AvgIpc) is 2.49. The highest BCUT2D eigenvalue weighted by Crippen LogP contribution is 2.21. The summed E-state index contributed by atoms with van der Waals surface area (Å²) in [5.74, 6) is -0.689. The number of carbonyl (C=O) groups excluding carboxylic acids is 2. The highest BCUT2D eigenvalue weighted by Gasteiger charge is 2.23. The van der Waals surface area contributed by atoms with Gasteiger partial charge in [0.2, 0.25) is 11.8 Å². The van der Waals surface area contributed by atoms with Crippen LogP contribution in [-0.4, -0.2) is 29.3 Å². The van der Waals surface area contributed by atoms with Crippen molar-refractivity contribution in [1.29, 1.82) is 0 Å². The van der Waals surface area contributed by atoms with E-state index in [1.54, 1.807) is 19.1 Å². The standard InChI is InChI=1S/C14H17N3O4/c1-9(10-3-2-4-12(7-10)17(20)21)14(19)16-11-5-6-13(18)15-8-11/h2-4,7,9,11H,5-6,8H2,1H3,(H,15,18)(H,16,19). The summed E-state index contributed by atoms with van der Waals surface area (Å²) in [5.41, 5.74) is 0.568. The van der Waals surface area contributed by atoms with Gasteiger partial charge in [-0.05, 0) is 18.9 Å². The van der Waals surface area contributed by atoms with Crippen molar-refractivity contribution in [3.05, 3.63) is 39.9 Å². The van der Waals surface area contributed by atoms with Crippen LogP contribution in [-0.2, 0) is 9.59 Å². The third-order valence-corrected chi connectivity index (χ3v) is 3.59. The minimum absolute atomic E-state index is 0.00719. The van der Waals surface area contributed by atoms with E-state index < -0.39 is 10.8 Å². The van der Waals surface area contributed by atoms with Gasteiger partial charge < -0.3 is 10.6 Å². The molecule has 1 aromatic carbocycles. The maximum absolute atomic E-state index is 12.2. The summed E-state index contributed by atoms with van der Waals surface area (Å²) in [5, 5.41) is 16.3. The first-order valence-corrected chi connectivity index (χ1v) is 6.79. The number of amides is 2. The zero-order valence-corrected chi connectivity index (χ0v) is 11.7. The molecule has 1 heterocycles. The predicted molar refractivity (Wildman–Crippen MR) is 75.7 cm³/mol. The summed E-state index contributed by atoms with van der Waals surface area (Å²) in [6.07, 6.45) is 1.01. The highest BCUT2D eigenvalue weighted by atomic mass is 16.6. The first-order valence-electron chi connectivity index (χ1n) is 6.79. The Morgan fingerprint density at radius 2 is 2.29 bits per heavy atom. The van der Waals surface area contributed by atoms with Gasteiger partial charge >= 0.3 is 0 Å². The Bertz CT molecular complexity index is 563. The monoisotopic (exact) mass is 291 g/mol. The van der Waals surface area contributed by atoms with E-state index in [9.17, 15) is 19.7 Å². The lowest BCUT2D eigenvalue weighted by molar-refractivity contribution is -0.384. The maximum atomic E-state index is 12.2. The SMILES string of the molecule is CC(C(=O)NC1CCC(=O)NC1)c1cccc([N+](=O)[O-])c1. The van der Waals surface area contributed by atoms with Crippen molar-refractivity contribution in [2.24, 2.45) is 0 Å². The maximum Gasteiger partial charge on any atom is 0.269 e. The van der Waals surface area contributed by atoms with Crippen molar-refractivity contribution in [2.75, 3.05) is 6.54 Å². The molecule has 1 aliphatic rings. The van der Waals surface area contributed by atoms with Crippen LogP contribution in [0.15, 0.2) is 24.3 Å².